The number of rotatable bonds is 1. The number of hydrogen-bond donors (Lipinski definition) is 0. The van der Waals surface area contributed by atoms with Crippen molar-refractivity contribution >= 4 is 22.4 Å². The van der Waals surface area contributed by atoms with E-state index in [1.807, 2.05) is 0 Å². The lowest BCUT2D eigenvalue weighted by Crippen LogP contribution is -2.04. The van der Waals surface area contributed by atoms with Gasteiger partial charge in [-0.15, -0.1) is 0 Å². The summed E-state index contributed by atoms with van der Waals surface area (Å²) in [6.45, 7) is 0. The van der Waals surface area contributed by atoms with Crippen LogP contribution in [0.3, 0.4) is 0 Å². The minimum Gasteiger partial charge on any atom is -0.465 e. The van der Waals surface area contributed by atoms with Crippen molar-refractivity contribution in [3.63, 3.8) is 0 Å². The first-order valence-corrected chi connectivity index (χ1v) is 5.97. The smallest absolute Gasteiger partial charge is 0.434 e. The van der Waals surface area contributed by atoms with E-state index in [-0.39, 0.29) is 5.65 Å². The fraction of sp³-hybridized carbons (Fsp3) is 0.143. The van der Waals surface area contributed by atoms with Gasteiger partial charge in [-0.3, -0.25) is 0 Å². The molecule has 0 fully saturated rings. The fourth-order valence-electron chi connectivity index (χ4n) is 2.15. The number of carbonyl (C=O) groups is 1. The second-order valence-electron chi connectivity index (χ2n) is 4.46. The Morgan fingerprint density at radius 2 is 2.05 bits per heavy atom. The molecule has 0 bridgehead atoms. The van der Waals surface area contributed by atoms with E-state index in [1.165, 1.54) is 23.8 Å². The van der Waals surface area contributed by atoms with Gasteiger partial charge >= 0.3 is 12.1 Å². The summed E-state index contributed by atoms with van der Waals surface area (Å²) in [5.74, 6) is -0.504. The lowest BCUT2D eigenvalue weighted by molar-refractivity contribution is -0.140. The molecule has 0 amide bonds. The average Bonchev–Trinajstić information content (AvgIpc) is 2.90. The zero-order valence-corrected chi connectivity index (χ0v) is 10.8. The molecule has 108 valence electrons. The number of hydrogen-bond acceptors (Lipinski definition) is 3. The maximum absolute atomic E-state index is 12.7. The monoisotopic (exact) mass is 294 g/mol. The van der Waals surface area contributed by atoms with E-state index in [2.05, 4.69) is 9.72 Å². The van der Waals surface area contributed by atoms with Gasteiger partial charge in [-0.25, -0.2) is 9.78 Å². The molecule has 3 rings (SSSR count). The highest BCUT2D eigenvalue weighted by atomic mass is 19.4. The Bertz CT molecular complexity index is 852. The number of benzene rings is 1. The van der Waals surface area contributed by atoms with Crippen LogP contribution >= 0.6 is 0 Å². The molecule has 21 heavy (non-hydrogen) atoms. The largest absolute Gasteiger partial charge is 0.465 e. The Balaban J connectivity index is 2.24. The summed E-state index contributed by atoms with van der Waals surface area (Å²) < 4.78 is 44.0. The van der Waals surface area contributed by atoms with E-state index >= 15 is 0 Å². The van der Waals surface area contributed by atoms with E-state index < -0.39 is 17.8 Å². The summed E-state index contributed by atoms with van der Waals surface area (Å²) in [7, 11) is 1.26. The maximum atomic E-state index is 12.7. The van der Waals surface area contributed by atoms with Crippen molar-refractivity contribution in [3.05, 3.63) is 47.9 Å². The third-order valence-corrected chi connectivity index (χ3v) is 3.15. The van der Waals surface area contributed by atoms with Crippen LogP contribution in [0.5, 0.6) is 0 Å². The van der Waals surface area contributed by atoms with Gasteiger partial charge in [0, 0.05) is 17.8 Å². The fourth-order valence-corrected chi connectivity index (χ4v) is 2.15. The second kappa shape index (κ2) is 4.47. The maximum Gasteiger partial charge on any atom is 0.434 e. The summed E-state index contributed by atoms with van der Waals surface area (Å²) >= 11 is 0. The van der Waals surface area contributed by atoms with Crippen molar-refractivity contribution in [1.29, 1.82) is 0 Å². The number of imidazole rings is 1. The molecule has 4 nitrogen and oxygen atoms in total. The Hall–Kier alpha value is -2.57. The molecule has 0 N–H and O–H groups in total. The van der Waals surface area contributed by atoms with Gasteiger partial charge in [-0.1, -0.05) is 0 Å². The molecular formula is C14H9F3N2O2. The van der Waals surface area contributed by atoms with Crippen LogP contribution in [0.25, 0.3) is 16.4 Å². The van der Waals surface area contributed by atoms with Gasteiger partial charge in [-0.05, 0) is 29.7 Å². The minimum absolute atomic E-state index is 0.191. The van der Waals surface area contributed by atoms with Crippen molar-refractivity contribution in [1.82, 2.24) is 9.38 Å². The van der Waals surface area contributed by atoms with Gasteiger partial charge in [0.05, 0.1) is 12.7 Å². The normalized spacial score (nSPS) is 12.0. The highest BCUT2D eigenvalue weighted by Gasteiger charge is 2.34. The van der Waals surface area contributed by atoms with Crippen LogP contribution in [0.4, 0.5) is 13.2 Å². The number of pyridine rings is 1. The van der Waals surface area contributed by atoms with E-state index in [4.69, 9.17) is 0 Å². The SMILES string of the molecule is COC(=O)c1ccc2c(ccn3cc(C(F)(F)F)nc23)c1. The molecular weight excluding hydrogens is 285 g/mol. The number of carbonyl (C=O) groups excluding carboxylic acids is 1. The first-order chi connectivity index (χ1) is 9.90. The highest BCUT2D eigenvalue weighted by Crippen LogP contribution is 2.30. The van der Waals surface area contributed by atoms with Crippen LogP contribution in [0.15, 0.2) is 36.7 Å². The third kappa shape index (κ3) is 2.20. The average molecular weight is 294 g/mol. The van der Waals surface area contributed by atoms with Gasteiger partial charge in [-0.2, -0.15) is 13.2 Å². The molecule has 0 atom stereocenters. The quantitative estimate of drug-likeness (QED) is 0.647. The van der Waals surface area contributed by atoms with E-state index in [0.717, 1.165) is 6.20 Å². The Morgan fingerprint density at radius 3 is 2.71 bits per heavy atom. The molecule has 0 aliphatic rings. The predicted molar refractivity (Wildman–Crippen MR) is 69.0 cm³/mol. The van der Waals surface area contributed by atoms with Crippen LogP contribution in [-0.2, 0) is 10.9 Å². The summed E-state index contributed by atoms with van der Waals surface area (Å²) in [5, 5.41) is 1.14. The topological polar surface area (TPSA) is 43.6 Å². The number of nitrogens with zero attached hydrogens (tertiary/aromatic N) is 2. The number of aromatic nitrogens is 2. The van der Waals surface area contributed by atoms with Crippen molar-refractivity contribution in [2.24, 2.45) is 0 Å². The predicted octanol–water partition coefficient (Wildman–Crippen LogP) is 3.29. The molecule has 0 radical (unpaired) electrons. The first-order valence-electron chi connectivity index (χ1n) is 5.97. The first kappa shape index (κ1) is 13.4. The number of methoxy groups -OCH3 is 1. The number of halogens is 3. The number of esters is 1. The highest BCUT2D eigenvalue weighted by molar-refractivity contribution is 5.99. The molecule has 2 aromatic heterocycles. The van der Waals surface area contributed by atoms with Crippen LogP contribution < -0.4 is 0 Å². The van der Waals surface area contributed by atoms with Gasteiger partial charge in [0.2, 0.25) is 0 Å². The van der Waals surface area contributed by atoms with Crippen LogP contribution in [0.2, 0.25) is 0 Å². The molecule has 1 aromatic carbocycles. The number of ether oxygens (including phenoxy) is 1. The molecule has 0 unspecified atom stereocenters. The summed E-state index contributed by atoms with van der Waals surface area (Å²) in [4.78, 5) is 15.1. The molecule has 0 saturated carbocycles. The summed E-state index contributed by atoms with van der Waals surface area (Å²) in [5.41, 5.74) is -0.430. The Morgan fingerprint density at radius 1 is 1.29 bits per heavy atom. The van der Waals surface area contributed by atoms with Crippen LogP contribution in [-0.4, -0.2) is 22.5 Å². The zero-order valence-electron chi connectivity index (χ0n) is 10.8. The van der Waals surface area contributed by atoms with Crippen LogP contribution in [0.1, 0.15) is 16.1 Å². The molecule has 0 spiro atoms. The van der Waals surface area contributed by atoms with E-state index in [9.17, 15) is 18.0 Å². The molecule has 2 heterocycles. The molecule has 0 aliphatic carbocycles. The van der Waals surface area contributed by atoms with Crippen molar-refractivity contribution in [2.75, 3.05) is 7.11 Å². The summed E-state index contributed by atoms with van der Waals surface area (Å²) in [6, 6.07) is 6.24. The zero-order chi connectivity index (χ0) is 15.2. The van der Waals surface area contributed by atoms with Gasteiger partial charge in [0.1, 0.15) is 5.65 Å². The molecule has 0 saturated heterocycles. The van der Waals surface area contributed by atoms with Gasteiger partial charge in [0.15, 0.2) is 5.69 Å². The van der Waals surface area contributed by atoms with Crippen LogP contribution in [0, 0.1) is 0 Å². The summed E-state index contributed by atoms with van der Waals surface area (Å²) in [6.07, 6.45) is -2.09. The van der Waals surface area contributed by atoms with E-state index in [1.54, 1.807) is 18.2 Å². The van der Waals surface area contributed by atoms with Gasteiger partial charge < -0.3 is 9.14 Å². The molecule has 7 heteroatoms. The standard InChI is InChI=1S/C14H9F3N2O2/c1-21-13(20)9-2-3-10-8(6-9)4-5-19-7-11(14(15,16)17)18-12(10)19/h2-7H,1H3. The van der Waals surface area contributed by atoms with Crippen molar-refractivity contribution in [2.45, 2.75) is 6.18 Å². The lowest BCUT2D eigenvalue weighted by atomic mass is 10.1. The third-order valence-electron chi connectivity index (χ3n) is 3.15. The molecule has 0 aliphatic heterocycles. The Labute approximate surface area is 116 Å². The lowest BCUT2D eigenvalue weighted by Gasteiger charge is -2.03. The molecule has 3 aromatic rings. The van der Waals surface area contributed by atoms with E-state index in [0.29, 0.717) is 16.3 Å². The van der Waals surface area contributed by atoms with Crippen molar-refractivity contribution < 1.29 is 22.7 Å². The minimum atomic E-state index is -4.50. The number of alkyl halides is 3. The van der Waals surface area contributed by atoms with Crippen molar-refractivity contribution in [3.8, 4) is 0 Å². The van der Waals surface area contributed by atoms with Gasteiger partial charge in [0.25, 0.3) is 0 Å². The number of fused-ring (bicyclic) bond motifs is 3. The second-order valence-corrected chi connectivity index (χ2v) is 4.46. The Kier molecular flexibility index (Phi) is 2.86.